The minimum atomic E-state index is -0.250. The molecule has 1 spiro atoms. The molecule has 1 atom stereocenters. The Morgan fingerprint density at radius 3 is 2.73 bits per heavy atom. The lowest BCUT2D eigenvalue weighted by molar-refractivity contribution is -0.122. The summed E-state index contributed by atoms with van der Waals surface area (Å²) in [6, 6.07) is 10.8. The quantitative estimate of drug-likeness (QED) is 0.377. The van der Waals surface area contributed by atoms with Crippen molar-refractivity contribution in [1.82, 2.24) is 25.2 Å². The van der Waals surface area contributed by atoms with E-state index in [1.807, 2.05) is 19.1 Å². The minimum Gasteiger partial charge on any atom is -0.483 e. The van der Waals surface area contributed by atoms with Crippen LogP contribution in [0.5, 0.6) is 5.88 Å². The number of hydrogen-bond acceptors (Lipinski definition) is 8. The SMILES string of the molecule is CCOc1ncccc1-c1ccc2c(n1)CN(C[C@H]1CCCN1)CC21CCN(c2ncc(Cl)cc2Cl)CC1.O=CO. The Morgan fingerprint density at radius 2 is 2.02 bits per heavy atom. The van der Waals surface area contributed by atoms with Crippen LogP contribution in [0.2, 0.25) is 10.0 Å². The molecule has 0 aromatic carbocycles. The van der Waals surface area contributed by atoms with Gasteiger partial charge >= 0.3 is 0 Å². The van der Waals surface area contributed by atoms with Crippen LogP contribution in [0.25, 0.3) is 11.3 Å². The number of nitrogens with one attached hydrogen (secondary N) is 1. The zero-order chi connectivity index (χ0) is 28.8. The second-order valence-corrected chi connectivity index (χ2v) is 11.6. The molecule has 0 unspecified atom stereocenters. The average Bonchev–Trinajstić information content (AvgIpc) is 3.48. The van der Waals surface area contributed by atoms with E-state index in [0.717, 1.165) is 69.2 Å². The Labute approximate surface area is 250 Å². The third kappa shape index (κ3) is 6.59. The van der Waals surface area contributed by atoms with Crippen LogP contribution >= 0.6 is 23.2 Å². The fourth-order valence-electron chi connectivity index (χ4n) is 6.44. The van der Waals surface area contributed by atoms with Gasteiger partial charge in [0, 0.05) is 56.6 Å². The van der Waals surface area contributed by atoms with E-state index in [9.17, 15) is 0 Å². The molecule has 3 aliphatic heterocycles. The largest absolute Gasteiger partial charge is 0.483 e. The smallest absolute Gasteiger partial charge is 0.290 e. The highest BCUT2D eigenvalue weighted by Crippen LogP contribution is 2.44. The number of halogens is 2. The molecule has 0 amide bonds. The summed E-state index contributed by atoms with van der Waals surface area (Å²) in [5, 5.41) is 11.8. The van der Waals surface area contributed by atoms with Crippen molar-refractivity contribution in [1.29, 1.82) is 0 Å². The van der Waals surface area contributed by atoms with Gasteiger partial charge < -0.3 is 20.1 Å². The van der Waals surface area contributed by atoms with Gasteiger partial charge in [-0.2, -0.15) is 0 Å². The van der Waals surface area contributed by atoms with E-state index in [2.05, 4.69) is 37.2 Å². The number of carbonyl (C=O) groups is 1. The van der Waals surface area contributed by atoms with Gasteiger partial charge in [0.25, 0.3) is 6.47 Å². The number of piperidine rings is 1. The molecular weight excluding hydrogens is 563 g/mol. The average molecular weight is 600 g/mol. The maximum atomic E-state index is 8.36. The molecule has 9 nitrogen and oxygen atoms in total. The molecule has 2 saturated heterocycles. The predicted octanol–water partition coefficient (Wildman–Crippen LogP) is 5.05. The number of anilines is 1. The van der Waals surface area contributed by atoms with Crippen molar-refractivity contribution in [3.05, 3.63) is 64.0 Å². The van der Waals surface area contributed by atoms with Gasteiger partial charge in [-0.05, 0) is 69.0 Å². The van der Waals surface area contributed by atoms with E-state index in [1.54, 1.807) is 18.5 Å². The maximum Gasteiger partial charge on any atom is 0.290 e. The molecule has 0 aliphatic carbocycles. The van der Waals surface area contributed by atoms with Crippen molar-refractivity contribution in [3.63, 3.8) is 0 Å². The van der Waals surface area contributed by atoms with Crippen LogP contribution in [0.3, 0.4) is 0 Å². The highest BCUT2D eigenvalue weighted by Gasteiger charge is 2.43. The summed E-state index contributed by atoms with van der Waals surface area (Å²) in [6.07, 6.45) is 7.99. The first kappa shape index (κ1) is 29.5. The van der Waals surface area contributed by atoms with Crippen molar-refractivity contribution >= 4 is 35.5 Å². The summed E-state index contributed by atoms with van der Waals surface area (Å²) in [7, 11) is 0. The first-order chi connectivity index (χ1) is 20.0. The van der Waals surface area contributed by atoms with Crippen molar-refractivity contribution < 1.29 is 14.6 Å². The zero-order valence-corrected chi connectivity index (χ0v) is 24.7. The monoisotopic (exact) mass is 598 g/mol. The Hall–Kier alpha value is -2.98. The molecule has 2 N–H and O–H groups in total. The second kappa shape index (κ2) is 13.3. The van der Waals surface area contributed by atoms with Crippen molar-refractivity contribution in [3.8, 4) is 17.1 Å². The lowest BCUT2D eigenvalue weighted by Crippen LogP contribution is -2.54. The van der Waals surface area contributed by atoms with E-state index in [4.69, 9.17) is 42.8 Å². The molecule has 41 heavy (non-hydrogen) atoms. The predicted molar refractivity (Wildman–Crippen MR) is 161 cm³/mol. The van der Waals surface area contributed by atoms with E-state index < -0.39 is 0 Å². The molecule has 6 rings (SSSR count). The van der Waals surface area contributed by atoms with Crippen LogP contribution in [0, 0.1) is 0 Å². The molecule has 0 radical (unpaired) electrons. The molecule has 3 aromatic heterocycles. The Bertz CT molecular complexity index is 1350. The van der Waals surface area contributed by atoms with Crippen LogP contribution in [0.1, 0.15) is 43.9 Å². The van der Waals surface area contributed by atoms with Crippen LogP contribution in [0.4, 0.5) is 5.82 Å². The maximum absolute atomic E-state index is 8.36. The summed E-state index contributed by atoms with van der Waals surface area (Å²) in [5.41, 5.74) is 4.47. The summed E-state index contributed by atoms with van der Waals surface area (Å²) in [5.74, 6) is 1.46. The van der Waals surface area contributed by atoms with Gasteiger partial charge in [-0.15, -0.1) is 0 Å². The standard InChI is InChI=1S/C29H34Cl2N6O.CH2O2/c1-2-38-28-22(6-4-12-33-28)25-8-7-23-26(35-25)18-36(17-21-5-3-11-32-21)19-29(23)9-13-37(14-10-29)27-24(31)15-20(30)16-34-27;2-1-3/h4,6-8,12,15-16,21,32H,2-3,5,9-11,13-14,17-19H2,1H3;1H,(H,2,3)/t21-;/m1./s1. The normalized spacial score (nSPS) is 19.8. The highest BCUT2D eigenvalue weighted by atomic mass is 35.5. The van der Waals surface area contributed by atoms with Crippen molar-refractivity contribution in [2.24, 2.45) is 0 Å². The zero-order valence-electron chi connectivity index (χ0n) is 23.2. The summed E-state index contributed by atoms with van der Waals surface area (Å²) in [6.45, 7) is 8.17. The number of nitrogens with zero attached hydrogens (tertiary/aromatic N) is 5. The second-order valence-electron chi connectivity index (χ2n) is 10.8. The highest BCUT2D eigenvalue weighted by molar-refractivity contribution is 6.36. The topological polar surface area (TPSA) is 104 Å². The molecule has 0 saturated carbocycles. The van der Waals surface area contributed by atoms with Crippen LogP contribution < -0.4 is 15.0 Å². The number of fused-ring (bicyclic) bond motifs is 2. The van der Waals surface area contributed by atoms with Gasteiger partial charge in [0.2, 0.25) is 5.88 Å². The lowest BCUT2D eigenvalue weighted by Gasteiger charge is -2.49. The third-order valence-corrected chi connectivity index (χ3v) is 8.71. The number of carboxylic acid groups (broad SMARTS) is 1. The third-order valence-electron chi connectivity index (χ3n) is 8.22. The van der Waals surface area contributed by atoms with Crippen LogP contribution in [-0.2, 0) is 16.8 Å². The lowest BCUT2D eigenvalue weighted by atomic mass is 9.69. The van der Waals surface area contributed by atoms with Gasteiger partial charge in [-0.25, -0.2) is 9.97 Å². The molecule has 11 heteroatoms. The van der Waals surface area contributed by atoms with Gasteiger partial charge in [0.05, 0.1) is 33.6 Å². The molecular formula is C30H36Cl2N6O3. The first-order valence-corrected chi connectivity index (χ1v) is 14.9. The molecule has 218 valence electrons. The molecule has 3 aliphatic rings. The van der Waals surface area contributed by atoms with Gasteiger partial charge in [0.15, 0.2) is 0 Å². The van der Waals surface area contributed by atoms with Crippen molar-refractivity contribution in [2.45, 2.75) is 50.6 Å². The Kier molecular flexibility index (Phi) is 9.60. The van der Waals surface area contributed by atoms with E-state index in [0.29, 0.717) is 28.6 Å². The number of aromatic nitrogens is 3. The Morgan fingerprint density at radius 1 is 1.22 bits per heavy atom. The minimum absolute atomic E-state index is 0.0464. The number of rotatable bonds is 6. The molecule has 0 bridgehead atoms. The summed E-state index contributed by atoms with van der Waals surface area (Å²) in [4.78, 5) is 27.5. The van der Waals surface area contributed by atoms with E-state index >= 15 is 0 Å². The van der Waals surface area contributed by atoms with E-state index in [1.165, 1.54) is 24.1 Å². The summed E-state index contributed by atoms with van der Waals surface area (Å²) >= 11 is 12.6. The summed E-state index contributed by atoms with van der Waals surface area (Å²) < 4.78 is 5.83. The van der Waals surface area contributed by atoms with Gasteiger partial charge in [-0.3, -0.25) is 14.7 Å². The first-order valence-electron chi connectivity index (χ1n) is 14.1. The fraction of sp³-hybridized carbons (Fsp3) is 0.467. The van der Waals surface area contributed by atoms with E-state index in [-0.39, 0.29) is 11.9 Å². The van der Waals surface area contributed by atoms with Crippen LogP contribution in [-0.4, -0.2) is 76.8 Å². The van der Waals surface area contributed by atoms with Crippen molar-refractivity contribution in [2.75, 3.05) is 44.2 Å². The molecule has 2 fully saturated rings. The molecule has 6 heterocycles. The van der Waals surface area contributed by atoms with Gasteiger partial charge in [-0.1, -0.05) is 29.3 Å². The van der Waals surface area contributed by atoms with Gasteiger partial charge in [0.1, 0.15) is 5.82 Å². The Balaban J connectivity index is 0.00000108. The fourth-order valence-corrected chi connectivity index (χ4v) is 6.94. The number of ether oxygens (including phenoxy) is 1. The number of pyridine rings is 3. The van der Waals surface area contributed by atoms with Crippen LogP contribution in [0.15, 0.2) is 42.7 Å². The number of hydrogen-bond donors (Lipinski definition) is 2. The molecule has 3 aromatic rings.